The second kappa shape index (κ2) is 8.29. The normalized spacial score (nSPS) is 38.0. The van der Waals surface area contributed by atoms with Crippen molar-refractivity contribution in [2.45, 2.75) is 49.0 Å². The molecule has 0 aromatic carbocycles. The fraction of sp³-hybridized carbons (Fsp3) is 1.00. The van der Waals surface area contributed by atoms with Crippen molar-refractivity contribution in [1.29, 1.82) is 0 Å². The fourth-order valence-electron chi connectivity index (χ4n) is 1.86. The van der Waals surface area contributed by atoms with Crippen LogP contribution in [-0.4, -0.2) is 110 Å². The Balaban J connectivity index is 2.53. The lowest BCUT2D eigenvalue weighted by molar-refractivity contribution is -0.306. The first-order chi connectivity index (χ1) is 9.83. The van der Waals surface area contributed by atoms with E-state index in [0.717, 1.165) is 0 Å². The van der Waals surface area contributed by atoms with E-state index in [0.29, 0.717) is 0 Å². The molecule has 1 saturated heterocycles. The minimum Gasteiger partial charge on any atom is -0.394 e. The van der Waals surface area contributed by atoms with Crippen LogP contribution in [-0.2, 0) is 9.47 Å². The van der Waals surface area contributed by atoms with Gasteiger partial charge in [0.2, 0.25) is 0 Å². The number of rotatable bonds is 7. The standard InChI is InChI=1S/C11H22O10/c12-1-4(14)7(16)5(15)3-20-11-10(19)9(18)8(17)6(2-13)21-11/h4-19H,1-3H2/t4-,5+,6-,7-,8-,9+,10-,11+/m1/s1. The van der Waals surface area contributed by atoms with Gasteiger partial charge in [-0.25, -0.2) is 0 Å². The zero-order valence-corrected chi connectivity index (χ0v) is 11.1. The minimum absolute atomic E-state index is 0.582. The summed E-state index contributed by atoms with van der Waals surface area (Å²) in [5, 5.41) is 74.4. The molecule has 0 aromatic rings. The van der Waals surface area contributed by atoms with E-state index in [1.165, 1.54) is 0 Å². The second-order valence-corrected chi connectivity index (χ2v) is 4.84. The molecule has 0 unspecified atom stereocenters. The predicted octanol–water partition coefficient (Wildman–Crippen LogP) is -5.12. The van der Waals surface area contributed by atoms with E-state index in [1.54, 1.807) is 0 Å². The minimum atomic E-state index is -1.68. The number of ether oxygens (including phenoxy) is 2. The van der Waals surface area contributed by atoms with Gasteiger partial charge in [-0.15, -0.1) is 0 Å². The van der Waals surface area contributed by atoms with Crippen LogP contribution in [0.2, 0.25) is 0 Å². The Morgan fingerprint density at radius 3 is 2.05 bits per heavy atom. The van der Waals surface area contributed by atoms with Crippen molar-refractivity contribution >= 4 is 0 Å². The molecule has 1 fully saturated rings. The highest BCUT2D eigenvalue weighted by atomic mass is 16.7. The first kappa shape index (κ1) is 18.6. The Labute approximate surface area is 120 Å². The first-order valence-electron chi connectivity index (χ1n) is 6.40. The monoisotopic (exact) mass is 314 g/mol. The van der Waals surface area contributed by atoms with Gasteiger partial charge in [0, 0.05) is 0 Å². The summed E-state index contributed by atoms with van der Waals surface area (Å²) in [4.78, 5) is 0. The van der Waals surface area contributed by atoms with Crippen LogP contribution in [0, 0.1) is 0 Å². The van der Waals surface area contributed by atoms with Crippen molar-refractivity contribution in [2.75, 3.05) is 19.8 Å². The van der Waals surface area contributed by atoms with E-state index in [9.17, 15) is 25.5 Å². The molecule has 8 atom stereocenters. The summed E-state index contributed by atoms with van der Waals surface area (Å²) in [7, 11) is 0. The molecule has 1 rings (SSSR count). The maximum atomic E-state index is 9.65. The third kappa shape index (κ3) is 4.53. The topological polar surface area (TPSA) is 180 Å². The van der Waals surface area contributed by atoms with Crippen LogP contribution in [0.1, 0.15) is 0 Å². The summed E-state index contributed by atoms with van der Waals surface area (Å²) < 4.78 is 9.98. The molecule has 8 N–H and O–H groups in total. The SMILES string of the molecule is OC[C@@H](O)[C@@H](O)[C@@H](O)CO[C@H]1O[C@H](CO)[C@@H](O)[C@H](O)[C@H]1O. The van der Waals surface area contributed by atoms with E-state index < -0.39 is 68.8 Å². The van der Waals surface area contributed by atoms with E-state index in [1.807, 2.05) is 0 Å². The molecule has 1 heterocycles. The molecule has 1 aliphatic rings. The van der Waals surface area contributed by atoms with Gasteiger partial charge in [-0.2, -0.15) is 0 Å². The van der Waals surface area contributed by atoms with Crippen LogP contribution in [0.5, 0.6) is 0 Å². The molecule has 21 heavy (non-hydrogen) atoms. The van der Waals surface area contributed by atoms with Crippen molar-refractivity contribution in [3.05, 3.63) is 0 Å². The van der Waals surface area contributed by atoms with E-state index in [-0.39, 0.29) is 0 Å². The predicted molar refractivity (Wildman–Crippen MR) is 64.8 cm³/mol. The molecule has 0 amide bonds. The number of hydrogen-bond donors (Lipinski definition) is 8. The van der Waals surface area contributed by atoms with Crippen molar-refractivity contribution in [3.8, 4) is 0 Å². The molecule has 0 bridgehead atoms. The molecule has 10 nitrogen and oxygen atoms in total. The molecule has 126 valence electrons. The van der Waals surface area contributed by atoms with E-state index in [4.69, 9.17) is 24.8 Å². The van der Waals surface area contributed by atoms with Crippen LogP contribution in [0.3, 0.4) is 0 Å². The zero-order valence-electron chi connectivity index (χ0n) is 11.1. The lowest BCUT2D eigenvalue weighted by Crippen LogP contribution is -2.59. The quantitative estimate of drug-likeness (QED) is 0.226. The van der Waals surface area contributed by atoms with Gasteiger partial charge in [0.05, 0.1) is 19.8 Å². The summed E-state index contributed by atoms with van der Waals surface area (Å²) in [6.07, 6.45) is -12.2. The summed E-state index contributed by atoms with van der Waals surface area (Å²) in [5.74, 6) is 0. The van der Waals surface area contributed by atoms with Crippen LogP contribution in [0.25, 0.3) is 0 Å². The second-order valence-electron chi connectivity index (χ2n) is 4.84. The van der Waals surface area contributed by atoms with E-state index >= 15 is 0 Å². The van der Waals surface area contributed by atoms with Gasteiger partial charge in [0.1, 0.15) is 42.7 Å². The highest BCUT2D eigenvalue weighted by molar-refractivity contribution is 4.89. The largest absolute Gasteiger partial charge is 0.394 e. The Kier molecular flexibility index (Phi) is 7.36. The third-order valence-corrected chi connectivity index (χ3v) is 3.26. The average Bonchev–Trinajstić information content (AvgIpc) is 2.50. The summed E-state index contributed by atoms with van der Waals surface area (Å²) >= 11 is 0. The van der Waals surface area contributed by atoms with Crippen LogP contribution < -0.4 is 0 Å². The van der Waals surface area contributed by atoms with Crippen molar-refractivity contribution in [3.63, 3.8) is 0 Å². The Morgan fingerprint density at radius 1 is 0.905 bits per heavy atom. The van der Waals surface area contributed by atoms with Gasteiger partial charge in [-0.3, -0.25) is 0 Å². The van der Waals surface area contributed by atoms with Gasteiger partial charge in [0.25, 0.3) is 0 Å². The molecule has 0 saturated carbocycles. The number of aliphatic hydroxyl groups is 8. The highest BCUT2D eigenvalue weighted by Gasteiger charge is 2.44. The third-order valence-electron chi connectivity index (χ3n) is 3.26. The number of aliphatic hydroxyl groups excluding tert-OH is 8. The summed E-state index contributed by atoms with van der Waals surface area (Å²) in [6, 6.07) is 0. The maximum absolute atomic E-state index is 9.65. The maximum Gasteiger partial charge on any atom is 0.186 e. The van der Waals surface area contributed by atoms with Gasteiger partial charge in [-0.1, -0.05) is 0 Å². The smallest absolute Gasteiger partial charge is 0.186 e. The molecule has 1 aliphatic heterocycles. The van der Waals surface area contributed by atoms with E-state index in [2.05, 4.69) is 0 Å². The molecule has 0 spiro atoms. The lowest BCUT2D eigenvalue weighted by atomic mass is 9.99. The van der Waals surface area contributed by atoms with Crippen molar-refractivity contribution in [2.24, 2.45) is 0 Å². The van der Waals surface area contributed by atoms with Crippen LogP contribution in [0.4, 0.5) is 0 Å². The molecular weight excluding hydrogens is 292 g/mol. The summed E-state index contributed by atoms with van der Waals surface area (Å²) in [5.41, 5.74) is 0. The fourth-order valence-corrected chi connectivity index (χ4v) is 1.86. The molecule has 10 heteroatoms. The lowest BCUT2D eigenvalue weighted by Gasteiger charge is -2.40. The molecule has 0 aliphatic carbocycles. The Morgan fingerprint density at radius 2 is 1.52 bits per heavy atom. The zero-order chi connectivity index (χ0) is 16.2. The molecule has 0 aromatic heterocycles. The van der Waals surface area contributed by atoms with Gasteiger partial charge in [-0.05, 0) is 0 Å². The Hall–Kier alpha value is -0.400. The highest BCUT2D eigenvalue weighted by Crippen LogP contribution is 2.22. The molecule has 0 radical (unpaired) electrons. The van der Waals surface area contributed by atoms with Gasteiger partial charge >= 0.3 is 0 Å². The number of hydrogen-bond acceptors (Lipinski definition) is 10. The Bertz CT molecular complexity index is 301. The van der Waals surface area contributed by atoms with Crippen LogP contribution in [0.15, 0.2) is 0 Å². The van der Waals surface area contributed by atoms with Gasteiger partial charge in [0.15, 0.2) is 6.29 Å². The van der Waals surface area contributed by atoms with Crippen molar-refractivity contribution in [1.82, 2.24) is 0 Å². The van der Waals surface area contributed by atoms with Crippen molar-refractivity contribution < 1.29 is 50.3 Å². The average molecular weight is 314 g/mol. The van der Waals surface area contributed by atoms with Crippen LogP contribution >= 0.6 is 0 Å². The summed E-state index contributed by atoms with van der Waals surface area (Å²) in [6.45, 7) is -1.97. The molecular formula is C11H22O10. The first-order valence-corrected chi connectivity index (χ1v) is 6.40. The van der Waals surface area contributed by atoms with Gasteiger partial charge < -0.3 is 50.3 Å².